The Morgan fingerprint density at radius 1 is 1.00 bits per heavy atom. The highest BCUT2D eigenvalue weighted by Gasteiger charge is 2.24. The highest BCUT2D eigenvalue weighted by Crippen LogP contribution is 2.33. The van der Waals surface area contributed by atoms with E-state index < -0.39 is 0 Å². The SMILES string of the molecule is CCOc1cc(N[C@H]2CC[C@@H](Oc3cc(N4CCOCC4)cc4nccnc34)CC2)ccn1. The Morgan fingerprint density at radius 3 is 2.64 bits per heavy atom. The van der Waals surface area contributed by atoms with E-state index in [1.165, 1.54) is 0 Å². The third kappa shape index (κ3) is 5.27. The number of morpholine rings is 1. The normalized spacial score (nSPS) is 21.1. The van der Waals surface area contributed by atoms with Crippen molar-refractivity contribution >= 4 is 22.4 Å². The second-order valence-corrected chi connectivity index (χ2v) is 8.52. The molecule has 3 heterocycles. The van der Waals surface area contributed by atoms with Crippen LogP contribution in [0, 0.1) is 0 Å². The van der Waals surface area contributed by atoms with Crippen LogP contribution in [0.15, 0.2) is 42.9 Å². The van der Waals surface area contributed by atoms with Gasteiger partial charge in [-0.25, -0.2) is 9.97 Å². The van der Waals surface area contributed by atoms with E-state index in [0.29, 0.717) is 18.5 Å². The second-order valence-electron chi connectivity index (χ2n) is 8.52. The molecule has 2 fully saturated rings. The summed E-state index contributed by atoms with van der Waals surface area (Å²) in [6.45, 7) is 5.83. The second kappa shape index (κ2) is 10.2. The molecule has 1 aliphatic heterocycles. The van der Waals surface area contributed by atoms with Crippen molar-refractivity contribution < 1.29 is 14.2 Å². The Hall–Kier alpha value is -3.13. The molecule has 2 aliphatic rings. The summed E-state index contributed by atoms with van der Waals surface area (Å²) in [5.74, 6) is 1.49. The van der Waals surface area contributed by atoms with E-state index in [-0.39, 0.29) is 6.10 Å². The number of ether oxygens (including phenoxy) is 3. The topological polar surface area (TPSA) is 81.6 Å². The van der Waals surface area contributed by atoms with Gasteiger partial charge in [0.2, 0.25) is 5.88 Å². The Labute approximate surface area is 194 Å². The van der Waals surface area contributed by atoms with Crippen LogP contribution in [0.3, 0.4) is 0 Å². The van der Waals surface area contributed by atoms with Crippen molar-refractivity contribution in [2.45, 2.75) is 44.8 Å². The van der Waals surface area contributed by atoms with Crippen molar-refractivity contribution in [3.63, 3.8) is 0 Å². The number of pyridine rings is 1. The smallest absolute Gasteiger partial charge is 0.215 e. The largest absolute Gasteiger partial charge is 0.488 e. The zero-order chi connectivity index (χ0) is 22.5. The molecular weight excluding hydrogens is 418 g/mol. The van der Waals surface area contributed by atoms with Gasteiger partial charge in [-0.05, 0) is 44.7 Å². The molecule has 1 saturated heterocycles. The summed E-state index contributed by atoms with van der Waals surface area (Å²) in [7, 11) is 0. The average Bonchev–Trinajstić information content (AvgIpc) is 2.86. The fourth-order valence-corrected chi connectivity index (χ4v) is 4.59. The Balaban J connectivity index is 1.25. The van der Waals surface area contributed by atoms with Crippen LogP contribution in [0.1, 0.15) is 32.6 Å². The summed E-state index contributed by atoms with van der Waals surface area (Å²) in [6.07, 6.45) is 9.50. The van der Waals surface area contributed by atoms with Crippen LogP contribution < -0.4 is 19.7 Å². The third-order valence-electron chi connectivity index (χ3n) is 6.27. The Bertz CT molecular complexity index is 1060. The van der Waals surface area contributed by atoms with Crippen molar-refractivity contribution in [3.05, 3.63) is 42.9 Å². The molecule has 1 aliphatic carbocycles. The molecule has 1 aromatic carbocycles. The first-order valence-corrected chi connectivity index (χ1v) is 11.9. The van der Waals surface area contributed by atoms with Crippen molar-refractivity contribution in [2.75, 3.05) is 43.1 Å². The molecule has 2 aromatic heterocycles. The van der Waals surface area contributed by atoms with Gasteiger partial charge >= 0.3 is 0 Å². The molecule has 0 amide bonds. The number of hydrogen-bond donors (Lipinski definition) is 1. The number of fused-ring (bicyclic) bond motifs is 1. The molecule has 1 N–H and O–H groups in total. The number of aromatic nitrogens is 3. The minimum atomic E-state index is 0.171. The molecule has 0 radical (unpaired) electrons. The van der Waals surface area contributed by atoms with Gasteiger partial charge in [0.25, 0.3) is 0 Å². The average molecular weight is 450 g/mol. The van der Waals surface area contributed by atoms with E-state index >= 15 is 0 Å². The molecular formula is C25H31N5O3. The standard InChI is InChI=1S/C25H31N5O3/c1-2-32-24-15-19(7-8-27-24)29-18-3-5-21(6-4-18)33-23-17-20(30-11-13-31-14-12-30)16-22-25(23)28-10-9-26-22/h7-10,15-18,21H,2-6,11-14H2,1H3,(H,27,29)/t18-,21+. The summed E-state index contributed by atoms with van der Waals surface area (Å²) < 4.78 is 17.6. The molecule has 8 heteroatoms. The van der Waals surface area contributed by atoms with Gasteiger partial charge < -0.3 is 24.4 Å². The molecule has 0 unspecified atom stereocenters. The first-order valence-electron chi connectivity index (χ1n) is 11.9. The summed E-state index contributed by atoms with van der Waals surface area (Å²) >= 11 is 0. The van der Waals surface area contributed by atoms with E-state index in [4.69, 9.17) is 14.2 Å². The molecule has 0 bridgehead atoms. The van der Waals surface area contributed by atoms with Gasteiger partial charge in [-0.1, -0.05) is 0 Å². The van der Waals surface area contributed by atoms with Gasteiger partial charge in [0.05, 0.1) is 31.4 Å². The molecule has 33 heavy (non-hydrogen) atoms. The Kier molecular flexibility index (Phi) is 6.71. The molecule has 0 atom stereocenters. The minimum Gasteiger partial charge on any atom is -0.488 e. The highest BCUT2D eigenvalue weighted by atomic mass is 16.5. The van der Waals surface area contributed by atoms with E-state index in [1.54, 1.807) is 18.6 Å². The van der Waals surface area contributed by atoms with Gasteiger partial charge in [0.1, 0.15) is 11.3 Å². The lowest BCUT2D eigenvalue weighted by atomic mass is 9.92. The summed E-state index contributed by atoms with van der Waals surface area (Å²) in [5, 5.41) is 3.63. The monoisotopic (exact) mass is 449 g/mol. The molecule has 0 spiro atoms. The first kappa shape index (κ1) is 21.7. The lowest BCUT2D eigenvalue weighted by Crippen LogP contribution is -2.36. The number of rotatable bonds is 7. The van der Waals surface area contributed by atoms with E-state index in [2.05, 4.69) is 37.3 Å². The molecule has 174 valence electrons. The molecule has 8 nitrogen and oxygen atoms in total. The molecule has 1 saturated carbocycles. The number of anilines is 2. The lowest BCUT2D eigenvalue weighted by molar-refractivity contribution is 0.122. The fourth-order valence-electron chi connectivity index (χ4n) is 4.59. The maximum absolute atomic E-state index is 6.53. The van der Waals surface area contributed by atoms with Crippen LogP contribution in [0.2, 0.25) is 0 Å². The van der Waals surface area contributed by atoms with Crippen molar-refractivity contribution in [1.29, 1.82) is 0 Å². The zero-order valence-corrected chi connectivity index (χ0v) is 19.1. The minimum absolute atomic E-state index is 0.171. The maximum atomic E-state index is 6.53. The molecule has 3 aromatic rings. The van der Waals surface area contributed by atoms with Crippen molar-refractivity contribution in [3.8, 4) is 11.6 Å². The van der Waals surface area contributed by atoms with Gasteiger partial charge in [-0.3, -0.25) is 4.98 Å². The number of nitrogens with zero attached hydrogens (tertiary/aromatic N) is 4. The lowest BCUT2D eigenvalue weighted by Gasteiger charge is -2.31. The van der Waals surface area contributed by atoms with Crippen molar-refractivity contribution in [2.24, 2.45) is 0 Å². The van der Waals surface area contributed by atoms with E-state index in [1.807, 2.05) is 19.1 Å². The van der Waals surface area contributed by atoms with Crippen LogP contribution >= 0.6 is 0 Å². The van der Waals surface area contributed by atoms with Crippen molar-refractivity contribution in [1.82, 2.24) is 15.0 Å². The highest BCUT2D eigenvalue weighted by molar-refractivity contribution is 5.85. The van der Waals surface area contributed by atoms with Gasteiger partial charge in [-0.15, -0.1) is 0 Å². The van der Waals surface area contributed by atoms with Gasteiger partial charge in [0, 0.05) is 61.2 Å². The summed E-state index contributed by atoms with van der Waals surface area (Å²) in [5.41, 5.74) is 3.88. The zero-order valence-electron chi connectivity index (χ0n) is 19.1. The Morgan fingerprint density at radius 2 is 1.82 bits per heavy atom. The van der Waals surface area contributed by atoms with Crippen LogP contribution in [0.4, 0.5) is 11.4 Å². The fraction of sp³-hybridized carbons (Fsp3) is 0.480. The van der Waals surface area contributed by atoms with Crippen LogP contribution in [-0.2, 0) is 4.74 Å². The number of hydrogen-bond acceptors (Lipinski definition) is 8. The van der Waals surface area contributed by atoms with Crippen LogP contribution in [0.5, 0.6) is 11.6 Å². The summed E-state index contributed by atoms with van der Waals surface area (Å²) in [4.78, 5) is 15.7. The van der Waals surface area contributed by atoms with E-state index in [9.17, 15) is 0 Å². The third-order valence-corrected chi connectivity index (χ3v) is 6.27. The maximum Gasteiger partial charge on any atom is 0.215 e. The summed E-state index contributed by atoms with van der Waals surface area (Å²) in [6, 6.07) is 8.60. The predicted octanol–water partition coefficient (Wildman–Crippen LogP) is 4.06. The molecule has 5 rings (SSSR count). The first-order chi connectivity index (χ1) is 16.3. The van der Waals surface area contributed by atoms with Gasteiger partial charge in [0.15, 0.2) is 0 Å². The quantitative estimate of drug-likeness (QED) is 0.578. The van der Waals surface area contributed by atoms with Crippen LogP contribution in [-0.4, -0.2) is 60.0 Å². The van der Waals surface area contributed by atoms with Gasteiger partial charge in [-0.2, -0.15) is 0 Å². The number of nitrogens with one attached hydrogen (secondary N) is 1. The van der Waals surface area contributed by atoms with Crippen LogP contribution in [0.25, 0.3) is 11.0 Å². The van der Waals surface area contributed by atoms with E-state index in [0.717, 1.165) is 80.1 Å². The predicted molar refractivity (Wildman–Crippen MR) is 128 cm³/mol. The number of benzene rings is 1.